The van der Waals surface area contributed by atoms with Crippen molar-refractivity contribution in [2.45, 2.75) is 26.7 Å². The normalized spacial score (nSPS) is 10.7. The number of hydrogen-bond acceptors (Lipinski definition) is 5. The summed E-state index contributed by atoms with van der Waals surface area (Å²) in [6, 6.07) is 20.6. The maximum atomic E-state index is 14.5. The van der Waals surface area contributed by atoms with Crippen molar-refractivity contribution in [1.29, 1.82) is 0 Å². The number of amides is 1. The molecule has 0 atom stereocenters. The lowest BCUT2D eigenvalue weighted by molar-refractivity contribution is 0.102. The minimum Gasteiger partial charge on any atom is -0.494 e. The number of aromatic nitrogens is 3. The number of carbonyl (C=O) groups is 1. The van der Waals surface area contributed by atoms with Crippen molar-refractivity contribution < 1.29 is 18.7 Å². The average molecular weight is 475 g/mol. The largest absolute Gasteiger partial charge is 0.494 e. The van der Waals surface area contributed by atoms with Crippen LogP contribution in [-0.4, -0.2) is 33.9 Å². The van der Waals surface area contributed by atoms with Crippen molar-refractivity contribution in [3.05, 3.63) is 84.2 Å². The molecule has 0 fully saturated rings. The first-order valence-electron chi connectivity index (χ1n) is 11.6. The molecule has 180 valence electrons. The molecule has 35 heavy (non-hydrogen) atoms. The number of nitrogens with zero attached hydrogens (tertiary/aromatic N) is 3. The van der Waals surface area contributed by atoms with Crippen molar-refractivity contribution in [1.82, 2.24) is 14.8 Å². The van der Waals surface area contributed by atoms with E-state index in [9.17, 15) is 9.18 Å². The number of halogens is 1. The molecule has 1 aromatic heterocycles. The van der Waals surface area contributed by atoms with Crippen LogP contribution in [0, 0.1) is 5.82 Å². The lowest BCUT2D eigenvalue weighted by atomic mass is 10.2. The van der Waals surface area contributed by atoms with Gasteiger partial charge in [-0.25, -0.2) is 9.07 Å². The predicted molar refractivity (Wildman–Crippen MR) is 133 cm³/mol. The number of ether oxygens (including phenoxy) is 2. The van der Waals surface area contributed by atoms with Gasteiger partial charge in [-0.1, -0.05) is 25.5 Å². The molecule has 0 spiro atoms. The van der Waals surface area contributed by atoms with E-state index in [0.717, 1.165) is 18.6 Å². The molecule has 4 aromatic rings. The van der Waals surface area contributed by atoms with Crippen LogP contribution in [0.4, 0.5) is 10.1 Å². The molecular formula is C27H27FN4O3. The minimum absolute atomic E-state index is 0.158. The molecular weight excluding hydrogens is 447 g/mol. The fourth-order valence-corrected chi connectivity index (χ4v) is 3.41. The van der Waals surface area contributed by atoms with Crippen LogP contribution in [0.15, 0.2) is 72.8 Å². The Morgan fingerprint density at radius 3 is 2.40 bits per heavy atom. The molecule has 4 rings (SSSR count). The molecule has 1 amide bonds. The lowest BCUT2D eigenvalue weighted by Crippen LogP contribution is -2.12. The molecule has 0 aliphatic carbocycles. The van der Waals surface area contributed by atoms with E-state index in [2.05, 4.69) is 22.3 Å². The van der Waals surface area contributed by atoms with E-state index in [0.29, 0.717) is 41.5 Å². The Morgan fingerprint density at radius 2 is 1.71 bits per heavy atom. The van der Waals surface area contributed by atoms with Gasteiger partial charge in [0.2, 0.25) is 0 Å². The Balaban J connectivity index is 1.50. The van der Waals surface area contributed by atoms with Crippen LogP contribution in [0.3, 0.4) is 0 Å². The number of hydrogen-bond donors (Lipinski definition) is 1. The SMILES string of the molecule is CCCCOc1ccc(C(=O)Nc2ccc(-n3nc(OCC)nc3-c3ccccc3F)cc2)cc1. The van der Waals surface area contributed by atoms with Crippen molar-refractivity contribution in [3.8, 4) is 28.8 Å². The molecule has 0 aliphatic rings. The number of benzene rings is 3. The number of rotatable bonds is 10. The first kappa shape index (κ1) is 23.9. The monoisotopic (exact) mass is 474 g/mol. The Morgan fingerprint density at radius 1 is 0.971 bits per heavy atom. The summed E-state index contributed by atoms with van der Waals surface area (Å²) in [6.07, 6.45) is 2.05. The Hall–Kier alpha value is -4.20. The second kappa shape index (κ2) is 11.3. The standard InChI is InChI=1S/C27H27FN4O3/c1-3-5-18-35-22-16-10-19(11-17-22)26(33)29-20-12-14-21(15-13-20)32-25(30-27(31-32)34-4-2)23-8-6-7-9-24(23)28/h6-17H,3-5,18H2,1-2H3,(H,29,33). The van der Waals surface area contributed by atoms with Crippen LogP contribution in [0.2, 0.25) is 0 Å². The fraction of sp³-hybridized carbons (Fsp3) is 0.222. The maximum absolute atomic E-state index is 14.5. The zero-order chi connectivity index (χ0) is 24.6. The molecule has 3 aromatic carbocycles. The Bertz CT molecular complexity index is 1270. The van der Waals surface area contributed by atoms with Crippen LogP contribution in [0.1, 0.15) is 37.0 Å². The smallest absolute Gasteiger partial charge is 0.336 e. The zero-order valence-corrected chi connectivity index (χ0v) is 19.7. The molecule has 1 N–H and O–H groups in total. The second-order valence-corrected chi connectivity index (χ2v) is 7.77. The van der Waals surface area contributed by atoms with Gasteiger partial charge < -0.3 is 14.8 Å². The molecule has 7 nitrogen and oxygen atoms in total. The molecule has 0 saturated heterocycles. The number of unbranched alkanes of at least 4 members (excludes halogenated alkanes) is 1. The summed E-state index contributed by atoms with van der Waals surface area (Å²) < 4.78 is 27.1. The summed E-state index contributed by atoms with van der Waals surface area (Å²) in [5.41, 5.74) is 2.09. The third kappa shape index (κ3) is 5.84. The van der Waals surface area contributed by atoms with Crippen molar-refractivity contribution in [3.63, 3.8) is 0 Å². The highest BCUT2D eigenvalue weighted by Gasteiger charge is 2.17. The third-order valence-corrected chi connectivity index (χ3v) is 5.23. The summed E-state index contributed by atoms with van der Waals surface area (Å²) in [6.45, 7) is 4.98. The van der Waals surface area contributed by atoms with Crippen LogP contribution >= 0.6 is 0 Å². The topological polar surface area (TPSA) is 78.3 Å². The fourth-order valence-electron chi connectivity index (χ4n) is 3.41. The van der Waals surface area contributed by atoms with E-state index in [4.69, 9.17) is 9.47 Å². The van der Waals surface area contributed by atoms with Gasteiger partial charge in [0.1, 0.15) is 11.6 Å². The highest BCUT2D eigenvalue weighted by molar-refractivity contribution is 6.04. The molecule has 0 saturated carbocycles. The van der Waals surface area contributed by atoms with Gasteiger partial charge in [0.05, 0.1) is 24.5 Å². The van der Waals surface area contributed by atoms with Crippen LogP contribution < -0.4 is 14.8 Å². The molecule has 0 aliphatic heterocycles. The Kier molecular flexibility index (Phi) is 7.72. The van der Waals surface area contributed by atoms with E-state index >= 15 is 0 Å². The predicted octanol–water partition coefficient (Wildman–Crippen LogP) is 5.90. The van der Waals surface area contributed by atoms with E-state index in [1.807, 2.05) is 6.92 Å². The summed E-state index contributed by atoms with van der Waals surface area (Å²) >= 11 is 0. The first-order valence-corrected chi connectivity index (χ1v) is 11.6. The zero-order valence-electron chi connectivity index (χ0n) is 19.7. The van der Waals surface area contributed by atoms with E-state index in [1.54, 1.807) is 66.7 Å². The van der Waals surface area contributed by atoms with Crippen LogP contribution in [0.25, 0.3) is 17.1 Å². The number of anilines is 1. The van der Waals surface area contributed by atoms with E-state index in [-0.39, 0.29) is 11.9 Å². The summed E-state index contributed by atoms with van der Waals surface area (Å²) in [4.78, 5) is 17.0. The van der Waals surface area contributed by atoms with Crippen LogP contribution in [0.5, 0.6) is 11.8 Å². The molecule has 0 bridgehead atoms. The highest BCUT2D eigenvalue weighted by Crippen LogP contribution is 2.26. The second-order valence-electron chi connectivity index (χ2n) is 7.77. The third-order valence-electron chi connectivity index (χ3n) is 5.23. The number of nitrogens with one attached hydrogen (secondary N) is 1. The van der Waals surface area contributed by atoms with Crippen molar-refractivity contribution >= 4 is 11.6 Å². The van der Waals surface area contributed by atoms with Gasteiger partial charge in [0.25, 0.3) is 5.91 Å². The van der Waals surface area contributed by atoms with Gasteiger partial charge in [0, 0.05) is 11.3 Å². The van der Waals surface area contributed by atoms with Gasteiger partial charge in [-0.3, -0.25) is 4.79 Å². The summed E-state index contributed by atoms with van der Waals surface area (Å²) in [7, 11) is 0. The Labute approximate surface area is 203 Å². The maximum Gasteiger partial charge on any atom is 0.336 e. The quantitative estimate of drug-likeness (QED) is 0.289. The summed E-state index contributed by atoms with van der Waals surface area (Å²) in [5, 5.41) is 7.26. The van der Waals surface area contributed by atoms with Crippen LogP contribution in [-0.2, 0) is 0 Å². The van der Waals surface area contributed by atoms with Gasteiger partial charge in [-0.2, -0.15) is 4.98 Å². The lowest BCUT2D eigenvalue weighted by Gasteiger charge is -2.09. The highest BCUT2D eigenvalue weighted by atomic mass is 19.1. The van der Waals surface area contributed by atoms with Gasteiger partial charge in [-0.05, 0) is 74.0 Å². The number of carbonyl (C=O) groups excluding carboxylic acids is 1. The van der Waals surface area contributed by atoms with Gasteiger partial charge in [-0.15, -0.1) is 5.10 Å². The molecule has 8 heteroatoms. The van der Waals surface area contributed by atoms with Gasteiger partial charge >= 0.3 is 6.01 Å². The average Bonchev–Trinajstić information content (AvgIpc) is 3.29. The molecule has 0 unspecified atom stereocenters. The van der Waals surface area contributed by atoms with E-state index in [1.165, 1.54) is 10.7 Å². The van der Waals surface area contributed by atoms with Crippen molar-refractivity contribution in [2.75, 3.05) is 18.5 Å². The molecule has 1 heterocycles. The van der Waals surface area contributed by atoms with Gasteiger partial charge in [0.15, 0.2) is 5.82 Å². The minimum atomic E-state index is -0.408. The first-order chi connectivity index (χ1) is 17.1. The van der Waals surface area contributed by atoms with E-state index < -0.39 is 5.82 Å². The molecule has 0 radical (unpaired) electrons. The van der Waals surface area contributed by atoms with Crippen molar-refractivity contribution in [2.24, 2.45) is 0 Å². The summed E-state index contributed by atoms with van der Waals surface area (Å²) in [5.74, 6) is 0.424.